The minimum atomic E-state index is -0.803. The van der Waals surface area contributed by atoms with E-state index in [1.165, 1.54) is 5.56 Å². The number of hydrogen-bond donors (Lipinski definition) is 1. The number of hydrogen-bond acceptors (Lipinski definition) is 2. The van der Waals surface area contributed by atoms with Crippen molar-refractivity contribution in [3.8, 4) is 6.07 Å². The summed E-state index contributed by atoms with van der Waals surface area (Å²) < 4.78 is 0. The van der Waals surface area contributed by atoms with Gasteiger partial charge < -0.3 is 5.11 Å². The van der Waals surface area contributed by atoms with Gasteiger partial charge in [0.2, 0.25) is 0 Å². The van der Waals surface area contributed by atoms with Gasteiger partial charge in [-0.15, -0.1) is 0 Å². The third kappa shape index (κ3) is 2.74. The van der Waals surface area contributed by atoms with Gasteiger partial charge in [0, 0.05) is 0 Å². The average Bonchev–Trinajstić information content (AvgIpc) is 2.39. The SMILES string of the molecule is Cc1cc(C)c([C@H](O)[C@@H](C#N)c2ccccc2)c(C)c1. The van der Waals surface area contributed by atoms with Crippen molar-refractivity contribution in [1.29, 1.82) is 5.26 Å². The molecule has 2 nitrogen and oxygen atoms in total. The maximum absolute atomic E-state index is 10.7. The Morgan fingerprint density at radius 3 is 2.05 bits per heavy atom. The number of aliphatic hydroxyl groups is 1. The number of aliphatic hydroxyl groups excluding tert-OH is 1. The molecule has 0 aliphatic rings. The molecule has 20 heavy (non-hydrogen) atoms. The summed E-state index contributed by atoms with van der Waals surface area (Å²) in [6.45, 7) is 6.01. The molecule has 0 saturated heterocycles. The van der Waals surface area contributed by atoms with Crippen molar-refractivity contribution < 1.29 is 5.11 Å². The number of nitrogens with zero attached hydrogens (tertiary/aromatic N) is 1. The monoisotopic (exact) mass is 265 g/mol. The highest BCUT2D eigenvalue weighted by Gasteiger charge is 2.25. The van der Waals surface area contributed by atoms with E-state index >= 15 is 0 Å². The number of aryl methyl sites for hydroxylation is 3. The summed E-state index contributed by atoms with van der Waals surface area (Å²) in [5, 5.41) is 20.1. The lowest BCUT2D eigenvalue weighted by Gasteiger charge is -2.22. The van der Waals surface area contributed by atoms with Crippen LogP contribution in [0, 0.1) is 32.1 Å². The molecule has 0 bridgehead atoms. The maximum Gasteiger partial charge on any atom is 0.101 e. The molecular weight excluding hydrogens is 246 g/mol. The lowest BCUT2D eigenvalue weighted by molar-refractivity contribution is 0.163. The summed E-state index contributed by atoms with van der Waals surface area (Å²) in [6, 6.07) is 15.8. The summed E-state index contributed by atoms with van der Waals surface area (Å²) in [7, 11) is 0. The van der Waals surface area contributed by atoms with Crippen molar-refractivity contribution in [2.75, 3.05) is 0 Å². The number of rotatable bonds is 3. The fraction of sp³-hybridized carbons (Fsp3) is 0.278. The largest absolute Gasteiger partial charge is 0.387 e. The predicted octanol–water partition coefficient (Wildman–Crippen LogP) is 3.95. The fourth-order valence-corrected chi connectivity index (χ4v) is 2.81. The van der Waals surface area contributed by atoms with Gasteiger partial charge in [0.15, 0.2) is 0 Å². The highest BCUT2D eigenvalue weighted by Crippen LogP contribution is 2.34. The van der Waals surface area contributed by atoms with Crippen LogP contribution in [0.3, 0.4) is 0 Å². The van der Waals surface area contributed by atoms with Gasteiger partial charge in [-0.25, -0.2) is 0 Å². The van der Waals surface area contributed by atoms with Gasteiger partial charge in [-0.05, 0) is 43.0 Å². The van der Waals surface area contributed by atoms with Crippen LogP contribution in [0.1, 0.15) is 39.8 Å². The molecule has 0 aromatic heterocycles. The third-order valence-corrected chi connectivity index (χ3v) is 3.65. The predicted molar refractivity (Wildman–Crippen MR) is 80.4 cm³/mol. The van der Waals surface area contributed by atoms with E-state index in [9.17, 15) is 10.4 Å². The Morgan fingerprint density at radius 2 is 1.55 bits per heavy atom. The van der Waals surface area contributed by atoms with Gasteiger partial charge in [0.1, 0.15) is 5.92 Å². The Kier molecular flexibility index (Phi) is 4.22. The van der Waals surface area contributed by atoms with Crippen LogP contribution in [-0.4, -0.2) is 5.11 Å². The van der Waals surface area contributed by atoms with E-state index in [1.54, 1.807) is 0 Å². The van der Waals surface area contributed by atoms with E-state index in [0.717, 1.165) is 22.3 Å². The normalized spacial score (nSPS) is 13.6. The first-order valence-electron chi connectivity index (χ1n) is 6.75. The molecule has 102 valence electrons. The van der Waals surface area contributed by atoms with E-state index in [4.69, 9.17) is 0 Å². The summed E-state index contributed by atoms with van der Waals surface area (Å²) in [5.41, 5.74) is 4.95. The van der Waals surface area contributed by atoms with E-state index in [0.29, 0.717) is 0 Å². The molecule has 0 spiro atoms. The second kappa shape index (κ2) is 5.90. The first-order chi connectivity index (χ1) is 9.54. The van der Waals surface area contributed by atoms with Crippen molar-refractivity contribution in [2.45, 2.75) is 32.8 Å². The second-order valence-electron chi connectivity index (χ2n) is 5.27. The van der Waals surface area contributed by atoms with Crippen molar-refractivity contribution in [2.24, 2.45) is 0 Å². The lowest BCUT2D eigenvalue weighted by Crippen LogP contribution is -2.12. The molecule has 0 heterocycles. The summed E-state index contributed by atoms with van der Waals surface area (Å²) in [4.78, 5) is 0. The summed E-state index contributed by atoms with van der Waals surface area (Å²) >= 11 is 0. The van der Waals surface area contributed by atoms with Crippen molar-refractivity contribution in [1.82, 2.24) is 0 Å². The third-order valence-electron chi connectivity index (χ3n) is 3.65. The molecule has 0 unspecified atom stereocenters. The molecule has 0 fully saturated rings. The van der Waals surface area contributed by atoms with Crippen LogP contribution in [0.2, 0.25) is 0 Å². The molecule has 0 aliphatic heterocycles. The Balaban J connectivity index is 2.45. The van der Waals surface area contributed by atoms with Crippen LogP contribution in [0.25, 0.3) is 0 Å². The Hall–Kier alpha value is -2.11. The van der Waals surface area contributed by atoms with Crippen molar-refractivity contribution in [3.05, 3.63) is 70.3 Å². The molecule has 2 heteroatoms. The molecule has 0 amide bonds. The molecule has 2 aromatic carbocycles. The molecule has 2 aromatic rings. The van der Waals surface area contributed by atoms with Crippen LogP contribution >= 0.6 is 0 Å². The summed E-state index contributed by atoms with van der Waals surface area (Å²) in [6.07, 6.45) is -0.803. The zero-order chi connectivity index (χ0) is 14.7. The molecule has 2 rings (SSSR count). The Bertz CT molecular complexity index is 617. The second-order valence-corrected chi connectivity index (χ2v) is 5.27. The topological polar surface area (TPSA) is 44.0 Å². The molecule has 0 aliphatic carbocycles. The molecule has 0 saturated carbocycles. The van der Waals surface area contributed by atoms with E-state index in [1.807, 2.05) is 63.2 Å². The Morgan fingerprint density at radius 1 is 1.00 bits per heavy atom. The minimum Gasteiger partial charge on any atom is -0.387 e. The summed E-state index contributed by atoms with van der Waals surface area (Å²) in [5.74, 6) is -0.545. The highest BCUT2D eigenvalue weighted by molar-refractivity contribution is 5.42. The van der Waals surface area contributed by atoms with Crippen LogP contribution in [0.4, 0.5) is 0 Å². The average molecular weight is 265 g/mol. The van der Waals surface area contributed by atoms with Gasteiger partial charge >= 0.3 is 0 Å². The number of nitriles is 1. The van der Waals surface area contributed by atoms with E-state index in [-0.39, 0.29) is 0 Å². The van der Waals surface area contributed by atoms with Crippen LogP contribution in [0.5, 0.6) is 0 Å². The first kappa shape index (κ1) is 14.3. The van der Waals surface area contributed by atoms with Gasteiger partial charge in [-0.2, -0.15) is 5.26 Å². The quantitative estimate of drug-likeness (QED) is 0.913. The van der Waals surface area contributed by atoms with Crippen molar-refractivity contribution >= 4 is 0 Å². The fourth-order valence-electron chi connectivity index (χ4n) is 2.81. The van der Waals surface area contributed by atoms with Gasteiger partial charge in [0.25, 0.3) is 0 Å². The van der Waals surface area contributed by atoms with Crippen LogP contribution in [-0.2, 0) is 0 Å². The molecule has 1 N–H and O–H groups in total. The van der Waals surface area contributed by atoms with Gasteiger partial charge in [0.05, 0.1) is 12.2 Å². The first-order valence-corrected chi connectivity index (χ1v) is 6.75. The smallest absolute Gasteiger partial charge is 0.101 e. The molecule has 0 radical (unpaired) electrons. The minimum absolute atomic E-state index is 0.545. The zero-order valence-electron chi connectivity index (χ0n) is 12.1. The van der Waals surface area contributed by atoms with E-state index in [2.05, 4.69) is 6.07 Å². The lowest BCUT2D eigenvalue weighted by atomic mass is 9.85. The molecular formula is C18H19NO. The maximum atomic E-state index is 10.7. The van der Waals surface area contributed by atoms with Crippen LogP contribution in [0.15, 0.2) is 42.5 Å². The van der Waals surface area contributed by atoms with Crippen molar-refractivity contribution in [3.63, 3.8) is 0 Å². The van der Waals surface area contributed by atoms with Crippen LogP contribution < -0.4 is 0 Å². The number of benzene rings is 2. The molecule has 2 atom stereocenters. The van der Waals surface area contributed by atoms with E-state index < -0.39 is 12.0 Å². The Labute approximate surface area is 120 Å². The highest BCUT2D eigenvalue weighted by atomic mass is 16.3. The van der Waals surface area contributed by atoms with Gasteiger partial charge in [-0.1, -0.05) is 48.0 Å². The van der Waals surface area contributed by atoms with Gasteiger partial charge in [-0.3, -0.25) is 0 Å². The standard InChI is InChI=1S/C18H19NO/c1-12-9-13(2)17(14(3)10-12)18(20)16(11-19)15-7-5-4-6-8-15/h4-10,16,18,20H,1-3H3/t16-,18+/m0/s1. The zero-order valence-corrected chi connectivity index (χ0v) is 12.1.